The van der Waals surface area contributed by atoms with Crippen molar-refractivity contribution in [2.24, 2.45) is 0 Å². The van der Waals surface area contributed by atoms with Crippen LogP contribution in [0.25, 0.3) is 0 Å². The van der Waals surface area contributed by atoms with Crippen LogP contribution in [0.5, 0.6) is 0 Å². The predicted octanol–water partition coefficient (Wildman–Crippen LogP) is 2.70. The first-order valence-electron chi connectivity index (χ1n) is 7.38. The van der Waals surface area contributed by atoms with Crippen molar-refractivity contribution in [2.45, 2.75) is 31.4 Å². The van der Waals surface area contributed by atoms with E-state index < -0.39 is 12.0 Å². The van der Waals surface area contributed by atoms with E-state index in [1.54, 1.807) is 19.1 Å². The van der Waals surface area contributed by atoms with Crippen LogP contribution in [0.15, 0.2) is 48.5 Å². The van der Waals surface area contributed by atoms with E-state index in [4.69, 9.17) is 0 Å². The standard InChI is InChI=1S/C18H18FNO2/c1-11(12-6-8-14(19)9-7-12)18(22)20-16-10-13-4-2-3-5-15(13)17(16)21/h2-9,11,16-17,21H,10H2,1H3,(H,20,22)/t11?,16-,17-/m1/s1. The van der Waals surface area contributed by atoms with Gasteiger partial charge in [-0.2, -0.15) is 0 Å². The number of carbonyl (C=O) groups is 1. The van der Waals surface area contributed by atoms with Gasteiger partial charge in [-0.15, -0.1) is 0 Å². The summed E-state index contributed by atoms with van der Waals surface area (Å²) in [4.78, 5) is 12.4. The largest absolute Gasteiger partial charge is 0.386 e. The molecule has 0 spiro atoms. The third-order valence-electron chi connectivity index (χ3n) is 4.29. The molecule has 3 rings (SSSR count). The number of nitrogens with one attached hydrogen (secondary N) is 1. The van der Waals surface area contributed by atoms with Gasteiger partial charge in [-0.1, -0.05) is 36.4 Å². The van der Waals surface area contributed by atoms with Gasteiger partial charge in [-0.3, -0.25) is 4.79 Å². The molecule has 1 amide bonds. The molecule has 0 aromatic heterocycles. The third kappa shape index (κ3) is 2.74. The number of carbonyl (C=O) groups excluding carboxylic acids is 1. The van der Waals surface area contributed by atoms with E-state index >= 15 is 0 Å². The van der Waals surface area contributed by atoms with Crippen molar-refractivity contribution in [2.75, 3.05) is 0 Å². The molecule has 2 N–H and O–H groups in total. The second-order valence-corrected chi connectivity index (χ2v) is 5.74. The SMILES string of the molecule is CC(C(=O)N[C@@H]1Cc2ccccc2[C@H]1O)c1ccc(F)cc1. The Morgan fingerprint density at radius 3 is 2.59 bits per heavy atom. The summed E-state index contributed by atoms with van der Waals surface area (Å²) < 4.78 is 12.9. The second kappa shape index (κ2) is 5.89. The lowest BCUT2D eigenvalue weighted by molar-refractivity contribution is -0.123. The molecule has 0 saturated carbocycles. The lowest BCUT2D eigenvalue weighted by Crippen LogP contribution is -2.40. The number of amides is 1. The fourth-order valence-corrected chi connectivity index (χ4v) is 2.91. The van der Waals surface area contributed by atoms with E-state index in [2.05, 4.69) is 5.32 Å². The van der Waals surface area contributed by atoms with Crippen LogP contribution >= 0.6 is 0 Å². The number of benzene rings is 2. The highest BCUT2D eigenvalue weighted by molar-refractivity contribution is 5.83. The number of rotatable bonds is 3. The summed E-state index contributed by atoms with van der Waals surface area (Å²) in [6.45, 7) is 1.77. The minimum atomic E-state index is -0.680. The lowest BCUT2D eigenvalue weighted by atomic mass is 9.99. The maximum atomic E-state index is 12.9. The molecular formula is C18H18FNO2. The Morgan fingerprint density at radius 1 is 1.23 bits per heavy atom. The maximum absolute atomic E-state index is 12.9. The molecule has 1 aliphatic rings. The fraction of sp³-hybridized carbons (Fsp3) is 0.278. The van der Waals surface area contributed by atoms with E-state index in [0.29, 0.717) is 6.42 Å². The molecular weight excluding hydrogens is 281 g/mol. The van der Waals surface area contributed by atoms with Gasteiger partial charge in [0.2, 0.25) is 5.91 Å². The van der Waals surface area contributed by atoms with Gasteiger partial charge in [0.15, 0.2) is 0 Å². The molecule has 3 nitrogen and oxygen atoms in total. The molecule has 114 valence electrons. The Kier molecular flexibility index (Phi) is 3.94. The van der Waals surface area contributed by atoms with Gasteiger partial charge in [0, 0.05) is 0 Å². The summed E-state index contributed by atoms with van der Waals surface area (Å²) in [5, 5.41) is 13.2. The molecule has 1 unspecified atom stereocenters. The summed E-state index contributed by atoms with van der Waals surface area (Å²) in [6, 6.07) is 13.3. The average molecular weight is 299 g/mol. The van der Waals surface area contributed by atoms with E-state index in [0.717, 1.165) is 16.7 Å². The highest BCUT2D eigenvalue weighted by Crippen LogP contribution is 2.31. The van der Waals surface area contributed by atoms with E-state index in [1.807, 2.05) is 24.3 Å². The number of aliphatic hydroxyl groups is 1. The minimum absolute atomic E-state index is 0.163. The first-order valence-corrected chi connectivity index (χ1v) is 7.38. The van der Waals surface area contributed by atoms with Gasteiger partial charge >= 0.3 is 0 Å². The monoisotopic (exact) mass is 299 g/mol. The maximum Gasteiger partial charge on any atom is 0.227 e. The van der Waals surface area contributed by atoms with Crippen molar-refractivity contribution in [3.63, 3.8) is 0 Å². The topological polar surface area (TPSA) is 49.3 Å². The highest BCUT2D eigenvalue weighted by Gasteiger charge is 2.32. The highest BCUT2D eigenvalue weighted by atomic mass is 19.1. The molecule has 0 aliphatic heterocycles. The van der Waals surface area contributed by atoms with E-state index in [9.17, 15) is 14.3 Å². The van der Waals surface area contributed by atoms with Gasteiger partial charge in [0.25, 0.3) is 0 Å². The van der Waals surface area contributed by atoms with Crippen LogP contribution in [0.4, 0.5) is 4.39 Å². The molecule has 0 radical (unpaired) electrons. The van der Waals surface area contributed by atoms with Gasteiger partial charge in [-0.25, -0.2) is 4.39 Å². The van der Waals surface area contributed by atoms with Gasteiger partial charge in [-0.05, 0) is 42.2 Å². The summed E-state index contributed by atoms with van der Waals surface area (Å²) in [5.74, 6) is -0.877. The van der Waals surface area contributed by atoms with Crippen molar-refractivity contribution in [3.05, 3.63) is 71.0 Å². The van der Waals surface area contributed by atoms with Crippen molar-refractivity contribution < 1.29 is 14.3 Å². The molecule has 0 fully saturated rings. The summed E-state index contributed by atoms with van der Waals surface area (Å²) in [7, 11) is 0. The molecule has 1 aliphatic carbocycles. The summed E-state index contributed by atoms with van der Waals surface area (Å²) in [5.41, 5.74) is 2.70. The van der Waals surface area contributed by atoms with Gasteiger partial charge in [0.05, 0.1) is 18.1 Å². The Hall–Kier alpha value is -2.20. The van der Waals surface area contributed by atoms with E-state index in [1.165, 1.54) is 12.1 Å². The number of hydrogen-bond donors (Lipinski definition) is 2. The van der Waals surface area contributed by atoms with Gasteiger partial charge < -0.3 is 10.4 Å². The molecule has 4 heteroatoms. The van der Waals surface area contributed by atoms with Crippen LogP contribution < -0.4 is 5.32 Å². The van der Waals surface area contributed by atoms with Crippen LogP contribution in [0, 0.1) is 5.82 Å². The van der Waals surface area contributed by atoms with Crippen molar-refractivity contribution in [1.82, 2.24) is 5.32 Å². The minimum Gasteiger partial charge on any atom is -0.386 e. The molecule has 2 aromatic rings. The Balaban J connectivity index is 1.69. The molecule has 0 bridgehead atoms. The van der Waals surface area contributed by atoms with Crippen molar-refractivity contribution in [3.8, 4) is 0 Å². The smallest absolute Gasteiger partial charge is 0.227 e. The Morgan fingerprint density at radius 2 is 1.91 bits per heavy atom. The first-order chi connectivity index (χ1) is 10.6. The van der Waals surface area contributed by atoms with Crippen LogP contribution in [0.2, 0.25) is 0 Å². The average Bonchev–Trinajstić information content (AvgIpc) is 2.84. The molecule has 2 aromatic carbocycles. The van der Waals surface area contributed by atoms with Crippen LogP contribution in [-0.2, 0) is 11.2 Å². The molecule has 0 saturated heterocycles. The van der Waals surface area contributed by atoms with Crippen LogP contribution in [0.3, 0.4) is 0 Å². The Labute approximate surface area is 128 Å². The number of hydrogen-bond acceptors (Lipinski definition) is 2. The Bertz CT molecular complexity index is 684. The normalized spacial score (nSPS) is 21.2. The van der Waals surface area contributed by atoms with Crippen LogP contribution in [-0.4, -0.2) is 17.1 Å². The zero-order valence-corrected chi connectivity index (χ0v) is 12.3. The number of fused-ring (bicyclic) bond motifs is 1. The summed E-state index contributed by atoms with van der Waals surface area (Å²) in [6.07, 6.45) is -0.0558. The number of halogens is 1. The second-order valence-electron chi connectivity index (χ2n) is 5.74. The fourth-order valence-electron chi connectivity index (χ4n) is 2.91. The van der Waals surface area contributed by atoms with Crippen molar-refractivity contribution in [1.29, 1.82) is 0 Å². The molecule has 3 atom stereocenters. The quantitative estimate of drug-likeness (QED) is 0.915. The zero-order valence-electron chi connectivity index (χ0n) is 12.3. The first kappa shape index (κ1) is 14.7. The lowest BCUT2D eigenvalue weighted by Gasteiger charge is -2.20. The van der Waals surface area contributed by atoms with E-state index in [-0.39, 0.29) is 17.8 Å². The van der Waals surface area contributed by atoms with Gasteiger partial charge in [0.1, 0.15) is 5.82 Å². The third-order valence-corrected chi connectivity index (χ3v) is 4.29. The zero-order chi connectivity index (χ0) is 15.7. The van der Waals surface area contributed by atoms with Crippen LogP contribution in [0.1, 0.15) is 35.6 Å². The molecule has 0 heterocycles. The number of aliphatic hydroxyl groups excluding tert-OH is 1. The molecule has 22 heavy (non-hydrogen) atoms. The summed E-state index contributed by atoms with van der Waals surface area (Å²) >= 11 is 0. The van der Waals surface area contributed by atoms with Crippen molar-refractivity contribution >= 4 is 5.91 Å². The predicted molar refractivity (Wildman–Crippen MR) is 81.9 cm³/mol.